The number of amides is 1. The average molecular weight is 385 g/mol. The van der Waals surface area contributed by atoms with Gasteiger partial charge in [0.15, 0.2) is 0 Å². The van der Waals surface area contributed by atoms with Crippen molar-refractivity contribution < 1.29 is 24.2 Å². The van der Waals surface area contributed by atoms with Crippen LogP contribution in [0.25, 0.3) is 0 Å². The zero-order chi connectivity index (χ0) is 20.1. The van der Waals surface area contributed by atoms with Crippen LogP contribution in [0.4, 0.5) is 5.82 Å². The number of carboxylic acids is 1. The number of aromatic carboxylic acids is 1. The quantitative estimate of drug-likeness (QED) is 0.750. The summed E-state index contributed by atoms with van der Waals surface area (Å²) in [6.45, 7) is 3.75. The van der Waals surface area contributed by atoms with Gasteiger partial charge < -0.3 is 19.9 Å². The first-order valence-electron chi connectivity index (χ1n) is 9.27. The Hall–Kier alpha value is -3.16. The van der Waals surface area contributed by atoms with E-state index >= 15 is 0 Å². The second-order valence-corrected chi connectivity index (χ2v) is 6.91. The Morgan fingerprint density at radius 3 is 2.46 bits per heavy atom. The summed E-state index contributed by atoms with van der Waals surface area (Å²) in [5, 5.41) is 11.6. The molecule has 148 valence electrons. The highest BCUT2D eigenvalue weighted by atomic mass is 16.5. The molecule has 0 saturated heterocycles. The molecule has 8 nitrogen and oxygen atoms in total. The lowest BCUT2D eigenvalue weighted by atomic mass is 10.2. The van der Waals surface area contributed by atoms with Crippen molar-refractivity contribution in [3.8, 4) is 11.8 Å². The van der Waals surface area contributed by atoms with Crippen LogP contribution in [0.1, 0.15) is 60.2 Å². The Kier molecular flexibility index (Phi) is 6.08. The molecule has 1 amide bonds. The molecule has 1 saturated carbocycles. The van der Waals surface area contributed by atoms with Gasteiger partial charge in [-0.2, -0.15) is 4.98 Å². The normalized spacial score (nSPS) is 14.1. The lowest BCUT2D eigenvalue weighted by molar-refractivity contribution is 0.0696. The van der Waals surface area contributed by atoms with Crippen LogP contribution in [0.5, 0.6) is 11.8 Å². The third-order valence-electron chi connectivity index (χ3n) is 4.24. The van der Waals surface area contributed by atoms with E-state index in [2.05, 4.69) is 15.3 Å². The standard InChI is InChI=1S/C20H23N3O5/c1-12(2)27-17-9-14(10-18(23-17)28-15-5-3-4-6-15)19(24)22-16-8-7-13(11-21-16)20(25)26/h7-12,15H,3-6H2,1-2H3,(H,25,26)(H,21,22,24). The van der Waals surface area contributed by atoms with E-state index in [4.69, 9.17) is 14.6 Å². The minimum absolute atomic E-state index is 0.0433. The molecule has 0 radical (unpaired) electrons. The molecule has 0 aromatic carbocycles. The number of pyridine rings is 2. The summed E-state index contributed by atoms with van der Waals surface area (Å²) < 4.78 is 11.6. The zero-order valence-corrected chi connectivity index (χ0v) is 15.8. The number of carbonyl (C=O) groups is 2. The maximum Gasteiger partial charge on any atom is 0.337 e. The molecule has 0 unspecified atom stereocenters. The number of nitrogens with zero attached hydrogens (tertiary/aromatic N) is 2. The van der Waals surface area contributed by atoms with E-state index < -0.39 is 11.9 Å². The smallest absolute Gasteiger partial charge is 0.337 e. The van der Waals surface area contributed by atoms with Gasteiger partial charge in [-0.25, -0.2) is 9.78 Å². The molecule has 2 heterocycles. The third kappa shape index (κ3) is 5.18. The number of carboxylic acid groups (broad SMARTS) is 1. The molecule has 0 bridgehead atoms. The molecule has 3 rings (SSSR count). The van der Waals surface area contributed by atoms with Crippen molar-refractivity contribution in [3.63, 3.8) is 0 Å². The van der Waals surface area contributed by atoms with Crippen molar-refractivity contribution in [1.29, 1.82) is 0 Å². The molecule has 8 heteroatoms. The van der Waals surface area contributed by atoms with Crippen molar-refractivity contribution in [3.05, 3.63) is 41.6 Å². The molecule has 0 aliphatic heterocycles. The summed E-state index contributed by atoms with van der Waals surface area (Å²) in [7, 11) is 0. The summed E-state index contributed by atoms with van der Waals surface area (Å²) in [5.41, 5.74) is 0.365. The largest absolute Gasteiger partial charge is 0.478 e. The Morgan fingerprint density at radius 1 is 1.14 bits per heavy atom. The molecule has 0 atom stereocenters. The maximum absolute atomic E-state index is 12.7. The number of hydrogen-bond acceptors (Lipinski definition) is 6. The highest BCUT2D eigenvalue weighted by Crippen LogP contribution is 2.26. The highest BCUT2D eigenvalue weighted by molar-refractivity contribution is 6.04. The van der Waals surface area contributed by atoms with Crippen LogP contribution >= 0.6 is 0 Å². The van der Waals surface area contributed by atoms with E-state index in [1.54, 1.807) is 12.1 Å². The fourth-order valence-corrected chi connectivity index (χ4v) is 2.93. The van der Waals surface area contributed by atoms with Gasteiger partial charge in [0.25, 0.3) is 5.91 Å². The molecule has 28 heavy (non-hydrogen) atoms. The van der Waals surface area contributed by atoms with Crippen LogP contribution in [0, 0.1) is 0 Å². The van der Waals surface area contributed by atoms with Gasteiger partial charge in [-0.3, -0.25) is 4.79 Å². The number of anilines is 1. The van der Waals surface area contributed by atoms with Crippen molar-refractivity contribution >= 4 is 17.7 Å². The van der Waals surface area contributed by atoms with E-state index in [1.807, 2.05) is 13.8 Å². The van der Waals surface area contributed by atoms with E-state index in [0.29, 0.717) is 17.3 Å². The molecule has 2 N–H and O–H groups in total. The lowest BCUT2D eigenvalue weighted by Gasteiger charge is -2.16. The second kappa shape index (κ2) is 8.69. The molecule has 0 spiro atoms. The van der Waals surface area contributed by atoms with Crippen molar-refractivity contribution in [1.82, 2.24) is 9.97 Å². The first-order valence-corrected chi connectivity index (χ1v) is 9.27. The maximum atomic E-state index is 12.7. The summed E-state index contributed by atoms with van der Waals surface area (Å²) >= 11 is 0. The average Bonchev–Trinajstić information content (AvgIpc) is 3.14. The number of ether oxygens (including phenoxy) is 2. The number of aromatic nitrogens is 2. The minimum atomic E-state index is -1.08. The van der Waals surface area contributed by atoms with E-state index in [-0.39, 0.29) is 23.6 Å². The van der Waals surface area contributed by atoms with Gasteiger partial charge in [-0.05, 0) is 51.7 Å². The molecule has 1 aliphatic rings. The molecular weight excluding hydrogens is 362 g/mol. The van der Waals surface area contributed by atoms with Gasteiger partial charge >= 0.3 is 5.97 Å². The van der Waals surface area contributed by atoms with Crippen molar-refractivity contribution in [2.75, 3.05) is 5.32 Å². The second-order valence-electron chi connectivity index (χ2n) is 6.91. The molecular formula is C20H23N3O5. The lowest BCUT2D eigenvalue weighted by Crippen LogP contribution is -2.17. The minimum Gasteiger partial charge on any atom is -0.478 e. The van der Waals surface area contributed by atoms with Crippen LogP contribution in [0.2, 0.25) is 0 Å². The number of rotatable bonds is 7. The highest BCUT2D eigenvalue weighted by Gasteiger charge is 2.19. The third-order valence-corrected chi connectivity index (χ3v) is 4.24. The molecule has 1 fully saturated rings. The first-order chi connectivity index (χ1) is 13.4. The number of carbonyl (C=O) groups excluding carboxylic acids is 1. The molecule has 2 aromatic rings. The van der Waals surface area contributed by atoms with Gasteiger partial charge in [0, 0.05) is 18.3 Å². The SMILES string of the molecule is CC(C)Oc1cc(C(=O)Nc2ccc(C(=O)O)cn2)cc(OC2CCCC2)n1. The van der Waals surface area contributed by atoms with Gasteiger partial charge in [0.1, 0.15) is 11.9 Å². The Bertz CT molecular complexity index is 845. The fourth-order valence-electron chi connectivity index (χ4n) is 2.93. The van der Waals surface area contributed by atoms with Gasteiger partial charge in [0.05, 0.1) is 17.2 Å². The van der Waals surface area contributed by atoms with Crippen LogP contribution in [-0.4, -0.2) is 39.2 Å². The van der Waals surface area contributed by atoms with Gasteiger partial charge in [-0.15, -0.1) is 0 Å². The van der Waals surface area contributed by atoms with Crippen LogP contribution in [0.15, 0.2) is 30.5 Å². The van der Waals surface area contributed by atoms with E-state index in [1.165, 1.54) is 18.3 Å². The fraction of sp³-hybridized carbons (Fsp3) is 0.400. The van der Waals surface area contributed by atoms with E-state index in [0.717, 1.165) is 25.7 Å². The van der Waals surface area contributed by atoms with Crippen molar-refractivity contribution in [2.45, 2.75) is 51.7 Å². The van der Waals surface area contributed by atoms with Gasteiger partial charge in [0.2, 0.25) is 11.8 Å². The predicted octanol–water partition coefficient (Wildman–Crippen LogP) is 3.54. The Balaban J connectivity index is 1.79. The van der Waals surface area contributed by atoms with Crippen LogP contribution < -0.4 is 14.8 Å². The van der Waals surface area contributed by atoms with Crippen LogP contribution in [0.3, 0.4) is 0 Å². The first kappa shape index (κ1) is 19.6. The topological polar surface area (TPSA) is 111 Å². The summed E-state index contributed by atoms with van der Waals surface area (Å²) in [4.78, 5) is 31.9. The predicted molar refractivity (Wildman–Crippen MR) is 102 cm³/mol. The zero-order valence-electron chi connectivity index (χ0n) is 15.8. The Labute approximate surface area is 162 Å². The molecule has 1 aliphatic carbocycles. The number of hydrogen-bond donors (Lipinski definition) is 2. The summed E-state index contributed by atoms with van der Waals surface area (Å²) in [5.74, 6) is -0.586. The summed E-state index contributed by atoms with van der Waals surface area (Å²) in [6, 6.07) is 5.93. The number of nitrogens with one attached hydrogen (secondary N) is 1. The van der Waals surface area contributed by atoms with E-state index in [9.17, 15) is 9.59 Å². The molecule has 2 aromatic heterocycles. The summed E-state index contributed by atoms with van der Waals surface area (Å²) in [6.07, 6.45) is 5.37. The van der Waals surface area contributed by atoms with Crippen molar-refractivity contribution in [2.24, 2.45) is 0 Å². The Morgan fingerprint density at radius 2 is 1.86 bits per heavy atom. The monoisotopic (exact) mass is 385 g/mol. The van der Waals surface area contributed by atoms with Crippen LogP contribution in [-0.2, 0) is 0 Å². The van der Waals surface area contributed by atoms with Gasteiger partial charge in [-0.1, -0.05) is 0 Å².